The minimum Gasteiger partial charge on any atom is -1.00 e. The van der Waals surface area contributed by atoms with Crippen LogP contribution in [0.4, 0.5) is 0 Å². The van der Waals surface area contributed by atoms with Gasteiger partial charge in [-0.1, -0.05) is 0 Å². The van der Waals surface area contributed by atoms with E-state index >= 15 is 0 Å². The van der Waals surface area contributed by atoms with E-state index in [2.05, 4.69) is 126 Å². The van der Waals surface area contributed by atoms with Crippen LogP contribution in [-0.4, -0.2) is 0 Å². The monoisotopic (exact) mass is 684 g/mol. The van der Waals surface area contributed by atoms with Crippen LogP contribution in [0.1, 0.15) is 49.4 Å². The Kier molecular flexibility index (Phi) is 9.26. The van der Waals surface area contributed by atoms with Crippen molar-refractivity contribution in [3.63, 3.8) is 0 Å². The van der Waals surface area contributed by atoms with Gasteiger partial charge in [-0.15, -0.1) is 0 Å². The van der Waals surface area contributed by atoms with Crippen LogP contribution in [0, 0.1) is 5.41 Å². The molecule has 0 aromatic heterocycles. The summed E-state index contributed by atoms with van der Waals surface area (Å²) < 4.78 is 2.41. The molecular weight excluding hydrogens is 653 g/mol. The van der Waals surface area contributed by atoms with Crippen LogP contribution >= 0.6 is 7.92 Å². The molecule has 35 heavy (non-hydrogen) atoms. The molecule has 5 rings (SSSR count). The maximum Gasteiger partial charge on any atom is -1.00 e. The molecule has 0 N–H and O–H groups in total. The maximum atomic E-state index is 2.56. The summed E-state index contributed by atoms with van der Waals surface area (Å²) in [5.74, 6) is 0. The Labute approximate surface area is 235 Å². The van der Waals surface area contributed by atoms with Gasteiger partial charge in [0, 0.05) is 0 Å². The Bertz CT molecular complexity index is 1250. The van der Waals surface area contributed by atoms with Gasteiger partial charge in [-0.05, 0) is 0 Å². The molecule has 178 valence electrons. The largest absolute Gasteiger partial charge is 1.00 e. The van der Waals surface area contributed by atoms with Crippen LogP contribution in [0.2, 0.25) is 0 Å². The summed E-state index contributed by atoms with van der Waals surface area (Å²) in [7, 11) is -0.552. The molecule has 0 fully saturated rings. The molecule has 0 amide bonds. The Morgan fingerprint density at radius 1 is 0.686 bits per heavy atom. The Morgan fingerprint density at radius 2 is 1.20 bits per heavy atom. The zero-order chi connectivity index (χ0) is 23.2. The third kappa shape index (κ3) is 5.13. The fourth-order valence-electron chi connectivity index (χ4n) is 5.28. The van der Waals surface area contributed by atoms with E-state index in [1.54, 1.807) is 25.4 Å². The zero-order valence-corrected chi connectivity index (χ0v) is 26.9. The summed E-state index contributed by atoms with van der Waals surface area (Å²) >= 11 is -1.24. The van der Waals surface area contributed by atoms with Gasteiger partial charge in [0.15, 0.2) is 0 Å². The number of allylic oxidation sites excluding steroid dienone is 5. The number of hydrogen-bond donors (Lipinski definition) is 0. The fraction of sp³-hybridized carbons (Fsp3) is 0.226. The molecule has 1 unspecified atom stereocenters. The predicted molar refractivity (Wildman–Crippen MR) is 141 cm³/mol. The van der Waals surface area contributed by atoms with E-state index < -0.39 is 30.8 Å². The van der Waals surface area contributed by atoms with Gasteiger partial charge in [-0.2, -0.15) is 0 Å². The molecule has 4 heteroatoms. The van der Waals surface area contributed by atoms with Gasteiger partial charge in [-0.3, -0.25) is 0 Å². The molecule has 0 nitrogen and oxygen atoms in total. The minimum absolute atomic E-state index is 0. The standard InChI is InChI=1S/C21H16P.C10H15.2ClH.Hf/c1-3-11-19(12-4-1)22(20-13-5-2-6-14-20)21-15-17-9-7-8-10-18(17)16-21;1-7-6-10(4,5)9(3)8(7)2;;;/h1-16H;1-5H3;2*1H;/q;;;;+2/p-2. The third-order valence-corrected chi connectivity index (χ3v) is 18.9. The summed E-state index contributed by atoms with van der Waals surface area (Å²) in [5.41, 5.74) is 7.93. The van der Waals surface area contributed by atoms with Gasteiger partial charge in [0.25, 0.3) is 0 Å². The van der Waals surface area contributed by atoms with Gasteiger partial charge in [0.1, 0.15) is 0 Å². The van der Waals surface area contributed by atoms with Crippen molar-refractivity contribution in [1.82, 2.24) is 0 Å². The first-order valence-electron chi connectivity index (χ1n) is 11.8. The Balaban J connectivity index is 0.00000171. The average Bonchev–Trinajstić information content (AvgIpc) is 3.26. The predicted octanol–water partition coefficient (Wildman–Crippen LogP) is 1.96. The Hall–Kier alpha value is -1.24. The van der Waals surface area contributed by atoms with Crippen molar-refractivity contribution in [2.75, 3.05) is 0 Å². The first kappa shape index (κ1) is 28.3. The van der Waals surface area contributed by atoms with Crippen LogP contribution in [0.3, 0.4) is 0 Å². The van der Waals surface area contributed by atoms with Crippen LogP contribution in [0.15, 0.2) is 110 Å². The fourth-order valence-corrected chi connectivity index (χ4v) is 16.5. The van der Waals surface area contributed by atoms with Gasteiger partial charge in [-0.25, -0.2) is 0 Å². The van der Waals surface area contributed by atoms with E-state index in [4.69, 9.17) is 0 Å². The molecule has 0 radical (unpaired) electrons. The van der Waals surface area contributed by atoms with E-state index in [9.17, 15) is 0 Å². The van der Waals surface area contributed by atoms with Crippen molar-refractivity contribution in [2.45, 2.75) is 38.3 Å². The molecule has 0 aliphatic heterocycles. The summed E-state index contributed by atoms with van der Waals surface area (Å²) in [6, 6.07) is 31.7. The maximum absolute atomic E-state index is 2.56. The first-order chi connectivity index (χ1) is 15.9. The van der Waals surface area contributed by atoms with Crippen molar-refractivity contribution in [1.29, 1.82) is 0 Å². The molecular formula is C31H31Cl2HfP. The van der Waals surface area contributed by atoms with Gasteiger partial charge in [0.05, 0.1) is 0 Å². The van der Waals surface area contributed by atoms with E-state index in [0.717, 1.165) is 0 Å². The van der Waals surface area contributed by atoms with Gasteiger partial charge < -0.3 is 24.8 Å². The SMILES string of the molecule is CC1=C(C)C(C)(C)[C]([Hf+2][CH]2C(P(c3ccccc3)c3ccccc3)=Cc3ccccc32)=C1C.[Cl-].[Cl-]. The van der Waals surface area contributed by atoms with Crippen molar-refractivity contribution in [2.24, 2.45) is 5.41 Å². The molecule has 1 atom stereocenters. The number of halogens is 2. The molecule has 3 aromatic rings. The molecule has 3 aromatic carbocycles. The number of hydrogen-bond acceptors (Lipinski definition) is 0. The van der Waals surface area contributed by atoms with Crippen LogP contribution in [0.5, 0.6) is 0 Å². The summed E-state index contributed by atoms with van der Waals surface area (Å²) in [5, 5.41) is 4.60. The van der Waals surface area contributed by atoms with E-state index in [0.29, 0.717) is 3.67 Å². The van der Waals surface area contributed by atoms with Crippen LogP contribution < -0.4 is 35.4 Å². The molecule has 2 aliphatic carbocycles. The van der Waals surface area contributed by atoms with Gasteiger partial charge >= 0.3 is 213 Å². The smallest absolute Gasteiger partial charge is 1.00 e. The van der Waals surface area contributed by atoms with Gasteiger partial charge in [0.2, 0.25) is 0 Å². The molecule has 0 spiro atoms. The van der Waals surface area contributed by atoms with Crippen molar-refractivity contribution in [3.8, 4) is 0 Å². The molecule has 0 heterocycles. The Morgan fingerprint density at radius 3 is 1.71 bits per heavy atom. The minimum atomic E-state index is -1.24. The van der Waals surface area contributed by atoms with Crippen molar-refractivity contribution < 1.29 is 47.7 Å². The molecule has 2 aliphatic rings. The first-order valence-corrected chi connectivity index (χ1v) is 17.0. The number of rotatable bonds is 5. The average molecular weight is 684 g/mol. The molecule has 0 saturated heterocycles. The van der Waals surface area contributed by atoms with E-state index in [1.807, 2.05) is 0 Å². The van der Waals surface area contributed by atoms with Crippen molar-refractivity contribution >= 4 is 24.6 Å². The summed E-state index contributed by atoms with van der Waals surface area (Å²) in [6.07, 6.45) is 2.56. The second-order valence-electron chi connectivity index (χ2n) is 9.66. The number of benzene rings is 3. The topological polar surface area (TPSA) is 0 Å². The normalized spacial score (nSPS) is 18.0. The second-order valence-corrected chi connectivity index (χ2v) is 16.8. The molecule has 0 bridgehead atoms. The van der Waals surface area contributed by atoms with Crippen LogP contribution in [0.25, 0.3) is 6.08 Å². The third-order valence-electron chi connectivity index (χ3n) is 7.54. The summed E-state index contributed by atoms with van der Waals surface area (Å²) in [6.45, 7) is 12.0. The van der Waals surface area contributed by atoms with E-state index in [-0.39, 0.29) is 30.2 Å². The molecule has 0 saturated carbocycles. The van der Waals surface area contributed by atoms with E-state index in [1.165, 1.54) is 21.7 Å². The summed E-state index contributed by atoms with van der Waals surface area (Å²) in [4.78, 5) is 0. The quantitative estimate of drug-likeness (QED) is 0.285. The zero-order valence-electron chi connectivity index (χ0n) is 20.9. The van der Waals surface area contributed by atoms with Crippen molar-refractivity contribution in [3.05, 3.63) is 121 Å². The van der Waals surface area contributed by atoms with Crippen LogP contribution in [-0.2, 0) is 22.9 Å². The second kappa shape index (κ2) is 11.4. The number of fused-ring (bicyclic) bond motifs is 1.